The maximum absolute atomic E-state index is 11.8. The zero-order valence-corrected chi connectivity index (χ0v) is 16.5. The van der Waals surface area contributed by atoms with Crippen LogP contribution in [0.4, 0.5) is 0 Å². The van der Waals surface area contributed by atoms with Gasteiger partial charge in [-0.2, -0.15) is 0 Å². The zero-order chi connectivity index (χ0) is 19.4. The van der Waals surface area contributed by atoms with Crippen molar-refractivity contribution in [2.24, 2.45) is 15.9 Å². The second kappa shape index (κ2) is 8.59. The number of carboxylic acid groups (broad SMARTS) is 1. The van der Waals surface area contributed by atoms with Crippen molar-refractivity contribution < 1.29 is 14.6 Å². The number of hydrogen-bond acceptors (Lipinski definition) is 5. The Labute approximate surface area is 167 Å². The second-order valence-corrected chi connectivity index (χ2v) is 7.43. The number of methoxy groups -OCH3 is 1. The van der Waals surface area contributed by atoms with Crippen LogP contribution in [0.3, 0.4) is 0 Å². The van der Waals surface area contributed by atoms with Crippen LogP contribution in [0.25, 0.3) is 0 Å². The molecule has 2 atom stereocenters. The first-order valence-electron chi connectivity index (χ1n) is 8.35. The number of ether oxygens (including phenoxy) is 1. The van der Waals surface area contributed by atoms with E-state index in [0.29, 0.717) is 27.2 Å². The summed E-state index contributed by atoms with van der Waals surface area (Å²) in [6.07, 6.45) is 0. The van der Waals surface area contributed by atoms with E-state index in [-0.39, 0.29) is 0 Å². The molecule has 2 unspecified atom stereocenters. The van der Waals surface area contributed by atoms with Crippen molar-refractivity contribution in [1.82, 2.24) is 0 Å². The molecule has 0 fully saturated rings. The van der Waals surface area contributed by atoms with Crippen LogP contribution in [0, 0.1) is 5.92 Å². The molecule has 7 heteroatoms. The van der Waals surface area contributed by atoms with Gasteiger partial charge in [0.25, 0.3) is 0 Å². The highest BCUT2D eigenvalue weighted by Crippen LogP contribution is 2.36. The number of benzene rings is 2. The molecule has 0 saturated heterocycles. The van der Waals surface area contributed by atoms with Gasteiger partial charge in [0.15, 0.2) is 5.17 Å². The summed E-state index contributed by atoms with van der Waals surface area (Å²) in [4.78, 5) is 20.8. The summed E-state index contributed by atoms with van der Waals surface area (Å²) in [7, 11) is 1.63. The SMILES string of the molecule is COc1ccc(CSC2=NC(c3ccccc3Cl)C(C(=O)O)C(C)=N2)cc1. The molecule has 0 spiro atoms. The summed E-state index contributed by atoms with van der Waals surface area (Å²) in [5.74, 6) is -0.304. The van der Waals surface area contributed by atoms with E-state index in [1.54, 1.807) is 20.1 Å². The topological polar surface area (TPSA) is 71.2 Å². The van der Waals surface area contributed by atoms with E-state index in [0.717, 1.165) is 11.3 Å². The van der Waals surface area contributed by atoms with E-state index in [4.69, 9.17) is 16.3 Å². The van der Waals surface area contributed by atoms with Crippen LogP contribution >= 0.6 is 23.4 Å². The molecule has 1 N–H and O–H groups in total. The van der Waals surface area contributed by atoms with Gasteiger partial charge >= 0.3 is 5.97 Å². The molecule has 0 amide bonds. The Morgan fingerprint density at radius 2 is 1.93 bits per heavy atom. The first kappa shape index (κ1) is 19.5. The molecule has 1 aliphatic heterocycles. The third-order valence-electron chi connectivity index (χ3n) is 4.30. The number of amidine groups is 1. The Morgan fingerprint density at radius 1 is 1.22 bits per heavy atom. The molecule has 0 aromatic heterocycles. The van der Waals surface area contributed by atoms with Crippen molar-refractivity contribution in [1.29, 1.82) is 0 Å². The number of halogens is 1. The summed E-state index contributed by atoms with van der Waals surface area (Å²) >= 11 is 7.78. The number of nitrogens with zero attached hydrogens (tertiary/aromatic N) is 2. The van der Waals surface area contributed by atoms with Crippen molar-refractivity contribution in [2.75, 3.05) is 7.11 Å². The molecular formula is C20H19ClN2O3S. The van der Waals surface area contributed by atoms with Gasteiger partial charge in [0, 0.05) is 16.5 Å². The van der Waals surface area contributed by atoms with Gasteiger partial charge in [0.1, 0.15) is 11.7 Å². The number of aliphatic carboxylic acids is 1. The van der Waals surface area contributed by atoms with Crippen LogP contribution in [-0.4, -0.2) is 29.1 Å². The Hall–Kier alpha value is -2.31. The Bertz CT molecular complexity index is 896. The zero-order valence-electron chi connectivity index (χ0n) is 14.9. The number of aliphatic imine (C=N–C) groups is 2. The Balaban J connectivity index is 1.85. The fraction of sp³-hybridized carbons (Fsp3) is 0.250. The molecule has 0 saturated carbocycles. The Morgan fingerprint density at radius 3 is 2.56 bits per heavy atom. The first-order valence-corrected chi connectivity index (χ1v) is 9.72. The number of carboxylic acids is 1. The fourth-order valence-corrected chi connectivity index (χ4v) is 4.02. The monoisotopic (exact) mass is 402 g/mol. The highest BCUT2D eigenvalue weighted by atomic mass is 35.5. The third kappa shape index (κ3) is 4.51. The summed E-state index contributed by atoms with van der Waals surface area (Å²) in [5, 5.41) is 10.7. The minimum Gasteiger partial charge on any atom is -0.497 e. The molecule has 0 radical (unpaired) electrons. The van der Waals surface area contributed by atoms with Gasteiger partial charge in [-0.1, -0.05) is 53.7 Å². The van der Waals surface area contributed by atoms with E-state index in [9.17, 15) is 9.90 Å². The maximum Gasteiger partial charge on any atom is 0.314 e. The molecule has 1 aliphatic rings. The van der Waals surface area contributed by atoms with Gasteiger partial charge in [-0.3, -0.25) is 9.79 Å². The van der Waals surface area contributed by atoms with Gasteiger partial charge in [0.2, 0.25) is 0 Å². The lowest BCUT2D eigenvalue weighted by Gasteiger charge is -2.26. The van der Waals surface area contributed by atoms with Gasteiger partial charge in [-0.05, 0) is 36.2 Å². The van der Waals surface area contributed by atoms with Crippen LogP contribution in [0.15, 0.2) is 58.5 Å². The molecule has 2 aromatic carbocycles. The minimum absolute atomic E-state index is 0.506. The lowest BCUT2D eigenvalue weighted by atomic mass is 9.89. The molecule has 1 heterocycles. The standard InChI is InChI=1S/C20H19ClN2O3S/c1-12-17(19(24)25)18(15-5-3-4-6-16(15)21)23-20(22-12)27-11-13-7-9-14(26-2)10-8-13/h3-10,17-18H,11H2,1-2H3,(H,24,25). The van der Waals surface area contributed by atoms with Gasteiger partial charge in [0.05, 0.1) is 13.2 Å². The normalized spacial score (nSPS) is 19.2. The van der Waals surface area contributed by atoms with Crippen molar-refractivity contribution in [3.8, 4) is 5.75 Å². The quantitative estimate of drug-likeness (QED) is 0.775. The van der Waals surface area contributed by atoms with Gasteiger partial charge in [-0.15, -0.1) is 0 Å². The predicted molar refractivity (Wildman–Crippen MR) is 110 cm³/mol. The van der Waals surface area contributed by atoms with Crippen LogP contribution in [-0.2, 0) is 10.5 Å². The van der Waals surface area contributed by atoms with E-state index in [1.807, 2.05) is 42.5 Å². The van der Waals surface area contributed by atoms with E-state index in [1.165, 1.54) is 11.8 Å². The molecule has 27 heavy (non-hydrogen) atoms. The molecular weight excluding hydrogens is 384 g/mol. The average molecular weight is 403 g/mol. The van der Waals surface area contributed by atoms with Crippen LogP contribution in [0.2, 0.25) is 5.02 Å². The van der Waals surface area contributed by atoms with E-state index >= 15 is 0 Å². The predicted octanol–water partition coefficient (Wildman–Crippen LogP) is 4.85. The number of rotatable bonds is 5. The molecule has 0 bridgehead atoms. The largest absolute Gasteiger partial charge is 0.497 e. The second-order valence-electron chi connectivity index (χ2n) is 6.08. The fourth-order valence-electron chi connectivity index (χ4n) is 2.89. The van der Waals surface area contributed by atoms with E-state index < -0.39 is 17.9 Å². The lowest BCUT2D eigenvalue weighted by Crippen LogP contribution is -2.31. The number of hydrogen-bond donors (Lipinski definition) is 1. The summed E-state index contributed by atoms with van der Waals surface area (Å²) in [6.45, 7) is 1.73. The van der Waals surface area contributed by atoms with Crippen LogP contribution < -0.4 is 4.74 Å². The third-order valence-corrected chi connectivity index (χ3v) is 5.58. The highest BCUT2D eigenvalue weighted by molar-refractivity contribution is 8.13. The Kier molecular flexibility index (Phi) is 6.19. The molecule has 0 aliphatic carbocycles. The smallest absolute Gasteiger partial charge is 0.314 e. The highest BCUT2D eigenvalue weighted by Gasteiger charge is 2.36. The summed E-state index contributed by atoms with van der Waals surface area (Å²) in [6, 6.07) is 14.4. The van der Waals surface area contributed by atoms with E-state index in [2.05, 4.69) is 9.98 Å². The van der Waals surface area contributed by atoms with Crippen LogP contribution in [0.5, 0.6) is 5.75 Å². The summed E-state index contributed by atoms with van der Waals surface area (Å²) < 4.78 is 5.17. The first-order chi connectivity index (χ1) is 13.0. The molecule has 5 nitrogen and oxygen atoms in total. The van der Waals surface area contributed by atoms with Crippen molar-refractivity contribution >= 4 is 40.2 Å². The minimum atomic E-state index is -0.955. The molecule has 3 rings (SSSR count). The molecule has 140 valence electrons. The van der Waals surface area contributed by atoms with Crippen molar-refractivity contribution in [3.05, 3.63) is 64.7 Å². The summed E-state index contributed by atoms with van der Waals surface area (Å²) in [5.41, 5.74) is 2.33. The number of carbonyl (C=O) groups is 1. The van der Waals surface area contributed by atoms with Crippen molar-refractivity contribution in [3.63, 3.8) is 0 Å². The number of thioether (sulfide) groups is 1. The van der Waals surface area contributed by atoms with Crippen LogP contribution in [0.1, 0.15) is 24.1 Å². The molecule has 2 aromatic rings. The average Bonchev–Trinajstić information content (AvgIpc) is 2.66. The van der Waals surface area contributed by atoms with Crippen molar-refractivity contribution in [2.45, 2.75) is 18.7 Å². The van der Waals surface area contributed by atoms with Gasteiger partial charge in [-0.25, -0.2) is 4.99 Å². The maximum atomic E-state index is 11.8. The lowest BCUT2D eigenvalue weighted by molar-refractivity contribution is -0.140. The van der Waals surface area contributed by atoms with Gasteiger partial charge < -0.3 is 9.84 Å².